The van der Waals surface area contributed by atoms with Crippen LogP contribution in [0, 0.1) is 11.3 Å². The third-order valence-corrected chi connectivity index (χ3v) is 1.42. The normalized spacial score (nSPS) is 17.3. The summed E-state index contributed by atoms with van der Waals surface area (Å²) in [6, 6.07) is 2.08. The van der Waals surface area contributed by atoms with Crippen LogP contribution in [0.15, 0.2) is 0 Å². The smallest absolute Gasteiger partial charge is 0.409 e. The van der Waals surface area contributed by atoms with Crippen LogP contribution in [-0.2, 0) is 9.31 Å². The van der Waals surface area contributed by atoms with Gasteiger partial charge in [0.1, 0.15) is 0 Å². The van der Waals surface area contributed by atoms with Crippen molar-refractivity contribution in [3.8, 4) is 6.07 Å². The fraction of sp³-hybridized carbons (Fsp3) is 0.833. The molecule has 1 fully saturated rings. The highest BCUT2D eigenvalue weighted by Gasteiger charge is 2.22. The lowest BCUT2D eigenvalue weighted by Gasteiger charge is -1.99. The molecule has 1 heterocycles. The minimum Gasteiger partial charge on any atom is -0.409 e. The van der Waals surface area contributed by atoms with Crippen molar-refractivity contribution in [2.45, 2.75) is 19.2 Å². The van der Waals surface area contributed by atoms with Crippen molar-refractivity contribution in [2.75, 3.05) is 13.2 Å². The lowest BCUT2D eigenvalue weighted by Crippen LogP contribution is -2.12. The summed E-state index contributed by atoms with van der Waals surface area (Å²) in [6.45, 7) is 1.41. The van der Waals surface area contributed by atoms with E-state index < -0.39 is 0 Å². The van der Waals surface area contributed by atoms with E-state index in [-0.39, 0.29) is 7.12 Å². The van der Waals surface area contributed by atoms with E-state index in [4.69, 9.17) is 14.6 Å². The van der Waals surface area contributed by atoms with Crippen molar-refractivity contribution in [2.24, 2.45) is 0 Å². The second-order valence-electron chi connectivity index (χ2n) is 2.22. The maximum atomic E-state index is 8.21. The van der Waals surface area contributed by atoms with Gasteiger partial charge >= 0.3 is 7.12 Å². The zero-order valence-electron chi connectivity index (χ0n) is 5.88. The second-order valence-corrected chi connectivity index (χ2v) is 2.22. The summed E-state index contributed by atoms with van der Waals surface area (Å²) in [6.07, 6.45) is 2.33. The van der Waals surface area contributed by atoms with Crippen LogP contribution in [0.2, 0.25) is 6.32 Å². The fourth-order valence-electron chi connectivity index (χ4n) is 0.922. The molecule has 0 spiro atoms. The third kappa shape index (κ3) is 2.38. The first-order chi connectivity index (χ1) is 4.93. The van der Waals surface area contributed by atoms with Crippen molar-refractivity contribution < 1.29 is 9.31 Å². The summed E-state index contributed by atoms with van der Waals surface area (Å²) >= 11 is 0. The Morgan fingerprint density at radius 2 is 2.10 bits per heavy atom. The van der Waals surface area contributed by atoms with Crippen LogP contribution in [0.3, 0.4) is 0 Å². The van der Waals surface area contributed by atoms with Gasteiger partial charge in [-0.05, 0) is 12.7 Å². The molecule has 0 bridgehead atoms. The van der Waals surface area contributed by atoms with Crippen LogP contribution in [0.25, 0.3) is 0 Å². The molecule has 0 N–H and O–H groups in total. The van der Waals surface area contributed by atoms with E-state index in [9.17, 15) is 0 Å². The summed E-state index contributed by atoms with van der Waals surface area (Å²) < 4.78 is 10.3. The molecule has 0 aromatic heterocycles. The first kappa shape index (κ1) is 7.58. The molecule has 0 saturated carbocycles. The highest BCUT2D eigenvalue weighted by atomic mass is 16.6. The Bertz CT molecular complexity index is 128. The second kappa shape index (κ2) is 4.32. The maximum absolute atomic E-state index is 8.21. The molecule has 0 aromatic rings. The van der Waals surface area contributed by atoms with Gasteiger partial charge in [0, 0.05) is 6.42 Å². The predicted molar refractivity (Wildman–Crippen MR) is 37.3 cm³/mol. The molecule has 10 heavy (non-hydrogen) atoms. The predicted octanol–water partition coefficient (Wildman–Crippen LogP) is 0.825. The number of unbranched alkanes of at least 4 members (excludes halogenated alkanes) is 1. The molecule has 1 aliphatic heterocycles. The van der Waals surface area contributed by atoms with E-state index >= 15 is 0 Å². The summed E-state index contributed by atoms with van der Waals surface area (Å²) in [5.41, 5.74) is 0. The lowest BCUT2D eigenvalue weighted by molar-refractivity contribution is 0.365. The van der Waals surface area contributed by atoms with Gasteiger partial charge in [0.25, 0.3) is 0 Å². The standard InChI is InChI=1S/C6H10BNO2/c8-4-2-1-3-7-9-5-6-10-7/h1-3,5-6H2. The van der Waals surface area contributed by atoms with E-state index in [1.807, 2.05) is 0 Å². The average molecular weight is 139 g/mol. The maximum Gasteiger partial charge on any atom is 0.457 e. The minimum atomic E-state index is -0.0339. The molecular formula is C6H10BNO2. The average Bonchev–Trinajstić information content (AvgIpc) is 2.41. The molecule has 0 aliphatic carbocycles. The zero-order valence-corrected chi connectivity index (χ0v) is 5.88. The summed E-state index contributed by atoms with van der Waals surface area (Å²) in [7, 11) is -0.0339. The highest BCUT2D eigenvalue weighted by Crippen LogP contribution is 2.07. The molecule has 4 heteroatoms. The molecule has 0 amide bonds. The molecular weight excluding hydrogens is 129 g/mol. The number of nitrogens with zero attached hydrogens (tertiary/aromatic N) is 1. The number of hydrogen-bond donors (Lipinski definition) is 0. The van der Waals surface area contributed by atoms with Crippen LogP contribution < -0.4 is 0 Å². The largest absolute Gasteiger partial charge is 0.457 e. The monoisotopic (exact) mass is 139 g/mol. The van der Waals surface area contributed by atoms with Crippen LogP contribution >= 0.6 is 0 Å². The lowest BCUT2D eigenvalue weighted by atomic mass is 9.83. The summed E-state index contributed by atoms with van der Waals surface area (Å²) in [5, 5.41) is 8.21. The summed E-state index contributed by atoms with van der Waals surface area (Å²) in [5.74, 6) is 0. The van der Waals surface area contributed by atoms with E-state index in [1.54, 1.807) is 0 Å². The van der Waals surface area contributed by atoms with Crippen molar-refractivity contribution >= 4 is 7.12 Å². The molecule has 0 unspecified atom stereocenters. The molecule has 1 saturated heterocycles. The molecule has 3 nitrogen and oxygen atoms in total. The van der Waals surface area contributed by atoms with Gasteiger partial charge in [-0.1, -0.05) is 0 Å². The Kier molecular flexibility index (Phi) is 3.27. The minimum absolute atomic E-state index is 0.0339. The Hall–Kier alpha value is -0.525. The summed E-state index contributed by atoms with van der Waals surface area (Å²) in [4.78, 5) is 0. The van der Waals surface area contributed by atoms with Crippen molar-refractivity contribution in [1.29, 1.82) is 5.26 Å². The Labute approximate surface area is 61.1 Å². The molecule has 54 valence electrons. The van der Waals surface area contributed by atoms with E-state index in [1.165, 1.54) is 0 Å². The van der Waals surface area contributed by atoms with E-state index in [0.717, 1.165) is 12.7 Å². The van der Waals surface area contributed by atoms with Gasteiger partial charge in [0.2, 0.25) is 0 Å². The molecule has 0 aromatic carbocycles. The van der Waals surface area contributed by atoms with Crippen LogP contribution in [0.4, 0.5) is 0 Å². The van der Waals surface area contributed by atoms with Crippen LogP contribution in [0.1, 0.15) is 12.8 Å². The molecule has 0 radical (unpaired) electrons. The van der Waals surface area contributed by atoms with Gasteiger partial charge in [-0.25, -0.2) is 0 Å². The van der Waals surface area contributed by atoms with Crippen LogP contribution in [0.5, 0.6) is 0 Å². The number of rotatable bonds is 3. The zero-order chi connectivity index (χ0) is 7.23. The van der Waals surface area contributed by atoms with Gasteiger partial charge in [0.15, 0.2) is 0 Å². The van der Waals surface area contributed by atoms with Gasteiger partial charge in [-0.2, -0.15) is 5.26 Å². The Balaban J connectivity index is 1.97. The Morgan fingerprint density at radius 1 is 1.40 bits per heavy atom. The van der Waals surface area contributed by atoms with Gasteiger partial charge < -0.3 is 9.31 Å². The molecule has 0 atom stereocenters. The topological polar surface area (TPSA) is 42.2 Å². The number of hydrogen-bond acceptors (Lipinski definition) is 3. The van der Waals surface area contributed by atoms with Crippen molar-refractivity contribution in [3.63, 3.8) is 0 Å². The first-order valence-electron chi connectivity index (χ1n) is 3.53. The van der Waals surface area contributed by atoms with Crippen molar-refractivity contribution in [1.82, 2.24) is 0 Å². The van der Waals surface area contributed by atoms with E-state index in [0.29, 0.717) is 19.6 Å². The van der Waals surface area contributed by atoms with Crippen LogP contribution in [-0.4, -0.2) is 20.3 Å². The third-order valence-electron chi connectivity index (χ3n) is 1.42. The van der Waals surface area contributed by atoms with Gasteiger partial charge in [-0.3, -0.25) is 0 Å². The van der Waals surface area contributed by atoms with E-state index in [2.05, 4.69) is 6.07 Å². The molecule has 1 aliphatic rings. The van der Waals surface area contributed by atoms with Gasteiger partial charge in [0.05, 0.1) is 19.3 Å². The fourth-order valence-corrected chi connectivity index (χ4v) is 0.922. The number of nitriles is 1. The highest BCUT2D eigenvalue weighted by molar-refractivity contribution is 6.44. The quantitative estimate of drug-likeness (QED) is 0.429. The van der Waals surface area contributed by atoms with Gasteiger partial charge in [-0.15, -0.1) is 0 Å². The SMILES string of the molecule is N#CCCCB1OCCO1. The first-order valence-corrected chi connectivity index (χ1v) is 3.53. The Morgan fingerprint density at radius 3 is 2.70 bits per heavy atom. The van der Waals surface area contributed by atoms with Crippen molar-refractivity contribution in [3.05, 3.63) is 0 Å². The molecule has 1 rings (SSSR count).